The highest BCUT2D eigenvalue weighted by molar-refractivity contribution is 5.75. The van der Waals surface area contributed by atoms with Crippen LogP contribution in [0.25, 0.3) is 5.69 Å². The van der Waals surface area contributed by atoms with Crippen molar-refractivity contribution in [1.29, 1.82) is 0 Å². The van der Waals surface area contributed by atoms with Crippen LogP contribution in [0.5, 0.6) is 0 Å². The fraction of sp³-hybridized carbons (Fsp3) is 0.308. The zero-order valence-corrected chi connectivity index (χ0v) is 20.8. The molecule has 1 atom stereocenters. The molecule has 5 rings (SSSR count). The van der Waals surface area contributed by atoms with Crippen molar-refractivity contribution < 1.29 is 4.79 Å². The fourth-order valence-electron chi connectivity index (χ4n) is 4.32. The van der Waals surface area contributed by atoms with Gasteiger partial charge in [0, 0.05) is 50.3 Å². The van der Waals surface area contributed by atoms with Gasteiger partial charge in [0.2, 0.25) is 0 Å². The van der Waals surface area contributed by atoms with Crippen LogP contribution in [0.15, 0.2) is 60.9 Å². The Morgan fingerprint density at radius 3 is 2.47 bits per heavy atom. The van der Waals surface area contributed by atoms with Gasteiger partial charge in [-0.3, -0.25) is 5.10 Å². The summed E-state index contributed by atoms with van der Waals surface area (Å²) in [6, 6.07) is 15.8. The molecule has 4 aromatic rings. The largest absolute Gasteiger partial charge is 0.353 e. The smallest absolute Gasteiger partial charge is 0.317 e. The molecule has 0 bridgehead atoms. The highest BCUT2D eigenvalue weighted by atomic mass is 16.2. The van der Waals surface area contributed by atoms with Gasteiger partial charge in [0.25, 0.3) is 0 Å². The molecule has 1 fully saturated rings. The van der Waals surface area contributed by atoms with Crippen molar-refractivity contribution in [1.82, 2.24) is 35.2 Å². The number of hydrogen-bond acceptors (Lipinski definition) is 6. The summed E-state index contributed by atoms with van der Waals surface area (Å²) in [5, 5.41) is 17.8. The number of urea groups is 1. The van der Waals surface area contributed by atoms with E-state index in [-0.39, 0.29) is 12.1 Å². The third-order valence-corrected chi connectivity index (χ3v) is 6.31. The Morgan fingerprint density at radius 2 is 1.81 bits per heavy atom. The molecule has 10 nitrogen and oxygen atoms in total. The molecule has 0 radical (unpaired) electrons. The first-order valence-corrected chi connectivity index (χ1v) is 12.1. The SMILES string of the molecule is Cc1cc(Nc2cc(C)[nH]n2)nc(N2CCN(C(=O)NC(C)c3ccc(-n4cccn4)cc3)CC2)c1. The fourth-order valence-corrected chi connectivity index (χ4v) is 4.32. The number of aromatic nitrogens is 5. The van der Waals surface area contributed by atoms with Crippen molar-refractivity contribution in [2.45, 2.75) is 26.8 Å². The molecule has 0 spiro atoms. The number of benzene rings is 1. The number of piperazine rings is 1. The van der Waals surface area contributed by atoms with Crippen molar-refractivity contribution in [3.8, 4) is 5.69 Å². The zero-order valence-electron chi connectivity index (χ0n) is 20.8. The van der Waals surface area contributed by atoms with Gasteiger partial charge in [-0.1, -0.05) is 12.1 Å². The van der Waals surface area contributed by atoms with Crippen LogP contribution in [-0.2, 0) is 0 Å². The van der Waals surface area contributed by atoms with E-state index in [0.717, 1.165) is 53.1 Å². The summed E-state index contributed by atoms with van der Waals surface area (Å²) in [6.45, 7) is 8.72. The molecule has 2 amide bonds. The van der Waals surface area contributed by atoms with E-state index >= 15 is 0 Å². The number of H-pyrrole nitrogens is 1. The lowest BCUT2D eigenvalue weighted by atomic mass is 10.1. The highest BCUT2D eigenvalue weighted by Crippen LogP contribution is 2.22. The van der Waals surface area contributed by atoms with Crippen LogP contribution in [0.2, 0.25) is 0 Å². The molecule has 1 aliphatic heterocycles. The molecule has 186 valence electrons. The topological polar surface area (TPSA) is 107 Å². The van der Waals surface area contributed by atoms with Crippen LogP contribution in [0.3, 0.4) is 0 Å². The first kappa shape index (κ1) is 23.4. The number of carbonyl (C=O) groups is 1. The van der Waals surface area contributed by atoms with E-state index < -0.39 is 0 Å². The summed E-state index contributed by atoms with van der Waals surface area (Å²) < 4.78 is 1.81. The summed E-state index contributed by atoms with van der Waals surface area (Å²) >= 11 is 0. The van der Waals surface area contributed by atoms with Crippen molar-refractivity contribution >= 4 is 23.5 Å². The minimum Gasteiger partial charge on any atom is -0.353 e. The van der Waals surface area contributed by atoms with Crippen LogP contribution in [0.1, 0.15) is 29.8 Å². The minimum atomic E-state index is -0.0973. The molecule has 0 saturated carbocycles. The zero-order chi connectivity index (χ0) is 25.1. The number of aryl methyl sites for hydroxylation is 2. The van der Waals surface area contributed by atoms with Gasteiger partial charge in [-0.2, -0.15) is 10.2 Å². The van der Waals surface area contributed by atoms with Crippen LogP contribution >= 0.6 is 0 Å². The third-order valence-electron chi connectivity index (χ3n) is 6.31. The molecule has 0 aliphatic carbocycles. The van der Waals surface area contributed by atoms with E-state index in [4.69, 9.17) is 4.98 Å². The summed E-state index contributed by atoms with van der Waals surface area (Å²) in [6.07, 6.45) is 3.66. The molecular weight excluding hydrogens is 454 g/mol. The van der Waals surface area contributed by atoms with Crippen LogP contribution in [-0.4, -0.2) is 62.1 Å². The second-order valence-electron chi connectivity index (χ2n) is 9.14. The van der Waals surface area contributed by atoms with Gasteiger partial charge >= 0.3 is 6.03 Å². The molecule has 1 aromatic carbocycles. The second kappa shape index (κ2) is 10.1. The quantitative estimate of drug-likeness (QED) is 0.382. The van der Waals surface area contributed by atoms with Crippen molar-refractivity contribution in [2.24, 2.45) is 0 Å². The van der Waals surface area contributed by atoms with Gasteiger partial charge in [-0.15, -0.1) is 0 Å². The summed E-state index contributed by atoms with van der Waals surface area (Å²) in [7, 11) is 0. The number of anilines is 3. The average molecular weight is 486 g/mol. The molecule has 10 heteroatoms. The van der Waals surface area contributed by atoms with Crippen LogP contribution in [0, 0.1) is 13.8 Å². The maximum atomic E-state index is 12.9. The Morgan fingerprint density at radius 1 is 1.03 bits per heavy atom. The van der Waals surface area contributed by atoms with Crippen molar-refractivity contribution in [3.63, 3.8) is 0 Å². The summed E-state index contributed by atoms with van der Waals surface area (Å²) in [5.41, 5.74) is 4.14. The molecule has 4 heterocycles. The predicted molar refractivity (Wildman–Crippen MR) is 140 cm³/mol. The van der Waals surface area contributed by atoms with Gasteiger partial charge in [-0.05, 0) is 62.2 Å². The Bertz CT molecular complexity index is 1310. The van der Waals surface area contributed by atoms with Gasteiger partial charge in [0.15, 0.2) is 5.82 Å². The van der Waals surface area contributed by atoms with Crippen LogP contribution < -0.4 is 15.5 Å². The number of rotatable bonds is 6. The Hall–Kier alpha value is -4.34. The first-order chi connectivity index (χ1) is 17.4. The van der Waals surface area contributed by atoms with E-state index in [1.807, 2.05) is 72.1 Å². The number of nitrogens with zero attached hydrogens (tertiary/aromatic N) is 6. The van der Waals surface area contributed by atoms with Gasteiger partial charge < -0.3 is 20.4 Å². The summed E-state index contributed by atoms with van der Waals surface area (Å²) in [5.74, 6) is 2.39. The third kappa shape index (κ3) is 5.32. The van der Waals surface area contributed by atoms with E-state index in [0.29, 0.717) is 13.1 Å². The number of aromatic amines is 1. The highest BCUT2D eigenvalue weighted by Gasteiger charge is 2.23. The standard InChI is InChI=1S/C26H31N9O/c1-18-15-23(29-24-17-19(2)31-32-24)30-25(16-18)33-11-13-34(14-12-33)26(36)28-20(3)21-5-7-22(8-6-21)35-10-4-9-27-35/h4-10,15-17,20H,11-14H2,1-3H3,(H,28,36)(H2,29,30,31,32). The second-order valence-corrected chi connectivity index (χ2v) is 9.14. The number of hydrogen-bond donors (Lipinski definition) is 3. The lowest BCUT2D eigenvalue weighted by Gasteiger charge is -2.36. The van der Waals surface area contributed by atoms with E-state index in [1.54, 1.807) is 6.20 Å². The predicted octanol–water partition coefficient (Wildman–Crippen LogP) is 3.94. The molecule has 1 unspecified atom stereocenters. The van der Waals surface area contributed by atoms with Gasteiger partial charge in [0.1, 0.15) is 11.6 Å². The van der Waals surface area contributed by atoms with Crippen molar-refractivity contribution in [3.05, 3.63) is 77.7 Å². The molecule has 36 heavy (non-hydrogen) atoms. The summed E-state index contributed by atoms with van der Waals surface area (Å²) in [4.78, 5) is 21.8. The minimum absolute atomic E-state index is 0.0493. The van der Waals surface area contributed by atoms with E-state index in [2.05, 4.69) is 43.8 Å². The maximum Gasteiger partial charge on any atom is 0.317 e. The van der Waals surface area contributed by atoms with E-state index in [9.17, 15) is 4.79 Å². The molecule has 1 saturated heterocycles. The number of amides is 2. The normalized spacial score (nSPS) is 14.5. The van der Waals surface area contributed by atoms with Gasteiger partial charge in [0.05, 0.1) is 11.7 Å². The molecule has 3 aromatic heterocycles. The van der Waals surface area contributed by atoms with Gasteiger partial charge in [-0.25, -0.2) is 14.5 Å². The number of nitrogens with one attached hydrogen (secondary N) is 3. The molecule has 1 aliphatic rings. The first-order valence-electron chi connectivity index (χ1n) is 12.1. The molecular formula is C26H31N9O. The number of carbonyl (C=O) groups excluding carboxylic acids is 1. The van der Waals surface area contributed by atoms with Crippen LogP contribution in [0.4, 0.5) is 22.2 Å². The average Bonchev–Trinajstić information content (AvgIpc) is 3.56. The van der Waals surface area contributed by atoms with E-state index in [1.165, 1.54) is 0 Å². The Balaban J connectivity index is 1.16. The Kier molecular flexibility index (Phi) is 6.57. The molecule has 3 N–H and O–H groups in total. The monoisotopic (exact) mass is 485 g/mol. The lowest BCUT2D eigenvalue weighted by molar-refractivity contribution is 0.191. The Labute approximate surface area is 210 Å². The lowest BCUT2D eigenvalue weighted by Crippen LogP contribution is -2.52. The van der Waals surface area contributed by atoms with Crippen molar-refractivity contribution in [2.75, 3.05) is 36.4 Å². The maximum absolute atomic E-state index is 12.9. The number of pyridine rings is 1.